The lowest BCUT2D eigenvalue weighted by Crippen LogP contribution is -2.54. The van der Waals surface area contributed by atoms with Crippen LogP contribution in [0.2, 0.25) is 0 Å². The predicted octanol–water partition coefficient (Wildman–Crippen LogP) is 1.55. The van der Waals surface area contributed by atoms with Crippen LogP contribution in [0.3, 0.4) is 0 Å². The number of aryl methyl sites for hydroxylation is 1. The molecule has 1 aliphatic rings. The Kier molecular flexibility index (Phi) is 4.71. The molecule has 2 heterocycles. The molecule has 1 atom stereocenters. The highest BCUT2D eigenvalue weighted by atomic mass is 16.2. The van der Waals surface area contributed by atoms with Crippen molar-refractivity contribution in [2.24, 2.45) is 7.05 Å². The van der Waals surface area contributed by atoms with Gasteiger partial charge < -0.3 is 4.90 Å². The molecule has 1 fully saturated rings. The van der Waals surface area contributed by atoms with Crippen molar-refractivity contribution in [3.8, 4) is 0 Å². The Balaban J connectivity index is 1.67. The summed E-state index contributed by atoms with van der Waals surface area (Å²) < 4.78 is 1.54. The molecule has 6 nitrogen and oxygen atoms in total. The summed E-state index contributed by atoms with van der Waals surface area (Å²) in [5.74, 6) is 0.0234. The van der Waals surface area contributed by atoms with Crippen molar-refractivity contribution in [1.29, 1.82) is 0 Å². The molecule has 2 aromatic rings. The number of nitrogens with zero attached hydrogens (tertiary/aromatic N) is 5. The minimum absolute atomic E-state index is 0.0234. The van der Waals surface area contributed by atoms with Crippen LogP contribution in [0.5, 0.6) is 0 Å². The molecule has 23 heavy (non-hydrogen) atoms. The number of rotatable bonds is 4. The number of hydrogen-bond donors (Lipinski definition) is 0. The SMILES string of the molecule is CCC1CN(C(=O)c2cnnn2C)CCN1Cc1ccccc1. The van der Waals surface area contributed by atoms with Crippen molar-refractivity contribution in [2.45, 2.75) is 25.9 Å². The van der Waals surface area contributed by atoms with E-state index < -0.39 is 0 Å². The molecule has 0 radical (unpaired) electrons. The monoisotopic (exact) mass is 313 g/mol. The molecular weight excluding hydrogens is 290 g/mol. The summed E-state index contributed by atoms with van der Waals surface area (Å²) in [5, 5.41) is 7.65. The lowest BCUT2D eigenvalue weighted by atomic mass is 10.1. The van der Waals surface area contributed by atoms with Crippen LogP contribution in [0.15, 0.2) is 36.5 Å². The van der Waals surface area contributed by atoms with Gasteiger partial charge in [0.25, 0.3) is 5.91 Å². The molecule has 1 aromatic heterocycles. The summed E-state index contributed by atoms with van der Waals surface area (Å²) in [6.07, 6.45) is 2.57. The molecule has 0 bridgehead atoms. The summed E-state index contributed by atoms with van der Waals surface area (Å²) in [6.45, 7) is 5.52. The molecule has 1 unspecified atom stereocenters. The summed E-state index contributed by atoms with van der Waals surface area (Å²) >= 11 is 0. The highest BCUT2D eigenvalue weighted by molar-refractivity contribution is 5.92. The van der Waals surface area contributed by atoms with E-state index in [1.807, 2.05) is 11.0 Å². The molecule has 1 aliphatic heterocycles. The fourth-order valence-electron chi connectivity index (χ4n) is 3.14. The maximum absolute atomic E-state index is 12.6. The minimum atomic E-state index is 0.0234. The minimum Gasteiger partial charge on any atom is -0.334 e. The van der Waals surface area contributed by atoms with Gasteiger partial charge in [-0.1, -0.05) is 42.5 Å². The fourth-order valence-corrected chi connectivity index (χ4v) is 3.14. The topological polar surface area (TPSA) is 54.3 Å². The number of carbonyl (C=O) groups is 1. The Bertz CT molecular complexity index is 654. The first-order valence-corrected chi connectivity index (χ1v) is 8.11. The molecule has 0 N–H and O–H groups in total. The quantitative estimate of drug-likeness (QED) is 0.859. The van der Waals surface area contributed by atoms with E-state index in [-0.39, 0.29) is 5.91 Å². The molecule has 6 heteroatoms. The molecule has 1 saturated heterocycles. The largest absolute Gasteiger partial charge is 0.334 e. The first-order chi connectivity index (χ1) is 11.2. The van der Waals surface area contributed by atoms with Crippen LogP contribution in [-0.4, -0.2) is 56.4 Å². The third kappa shape index (κ3) is 3.42. The summed E-state index contributed by atoms with van der Waals surface area (Å²) in [4.78, 5) is 17.0. The first kappa shape index (κ1) is 15.7. The van der Waals surface area contributed by atoms with Crippen LogP contribution in [-0.2, 0) is 13.6 Å². The van der Waals surface area contributed by atoms with Crippen LogP contribution in [0.1, 0.15) is 29.4 Å². The van der Waals surface area contributed by atoms with Gasteiger partial charge in [-0.25, -0.2) is 4.68 Å². The molecule has 0 spiro atoms. The molecule has 1 aromatic carbocycles. The summed E-state index contributed by atoms with van der Waals surface area (Å²) in [6, 6.07) is 10.9. The van der Waals surface area contributed by atoms with Crippen molar-refractivity contribution in [3.63, 3.8) is 0 Å². The lowest BCUT2D eigenvalue weighted by molar-refractivity contribution is 0.0442. The molecule has 3 rings (SSSR count). The zero-order chi connectivity index (χ0) is 16.2. The molecule has 1 amide bonds. The summed E-state index contributed by atoms with van der Waals surface area (Å²) in [5.41, 5.74) is 1.87. The number of benzene rings is 1. The van der Waals surface area contributed by atoms with Gasteiger partial charge in [-0.15, -0.1) is 5.10 Å². The van der Waals surface area contributed by atoms with E-state index in [1.165, 1.54) is 5.56 Å². The van der Waals surface area contributed by atoms with E-state index in [9.17, 15) is 4.79 Å². The fraction of sp³-hybridized carbons (Fsp3) is 0.471. The van der Waals surface area contributed by atoms with Gasteiger partial charge in [-0.3, -0.25) is 9.69 Å². The normalized spacial score (nSPS) is 19.0. The van der Waals surface area contributed by atoms with Gasteiger partial charge >= 0.3 is 0 Å². The van der Waals surface area contributed by atoms with Crippen LogP contribution in [0.25, 0.3) is 0 Å². The van der Waals surface area contributed by atoms with E-state index in [2.05, 4.69) is 46.4 Å². The third-order valence-electron chi connectivity index (χ3n) is 4.53. The van der Waals surface area contributed by atoms with Gasteiger partial charge in [0.1, 0.15) is 5.69 Å². The number of carbonyl (C=O) groups excluding carboxylic acids is 1. The van der Waals surface area contributed by atoms with Gasteiger partial charge in [0.2, 0.25) is 0 Å². The Morgan fingerprint density at radius 2 is 2.04 bits per heavy atom. The number of hydrogen-bond acceptors (Lipinski definition) is 4. The first-order valence-electron chi connectivity index (χ1n) is 8.11. The van der Waals surface area contributed by atoms with E-state index in [4.69, 9.17) is 0 Å². The molecular formula is C17H23N5O. The van der Waals surface area contributed by atoms with Crippen LogP contribution < -0.4 is 0 Å². The van der Waals surface area contributed by atoms with Crippen molar-refractivity contribution in [1.82, 2.24) is 24.8 Å². The van der Waals surface area contributed by atoms with Gasteiger partial charge in [0.05, 0.1) is 6.20 Å². The standard InChI is InChI=1S/C17H23N5O/c1-3-15-13-22(17(23)16-11-18-19-20(16)2)10-9-21(15)12-14-7-5-4-6-8-14/h4-8,11,15H,3,9-10,12-13H2,1-2H3. The number of amides is 1. The van der Waals surface area contributed by atoms with Gasteiger partial charge in [-0.2, -0.15) is 0 Å². The Morgan fingerprint density at radius 3 is 2.70 bits per heavy atom. The number of aromatic nitrogens is 3. The van der Waals surface area contributed by atoms with Crippen molar-refractivity contribution in [2.75, 3.05) is 19.6 Å². The zero-order valence-electron chi connectivity index (χ0n) is 13.7. The van der Waals surface area contributed by atoms with Crippen LogP contribution >= 0.6 is 0 Å². The van der Waals surface area contributed by atoms with Gasteiger partial charge in [-0.05, 0) is 12.0 Å². The van der Waals surface area contributed by atoms with Gasteiger partial charge in [0.15, 0.2) is 0 Å². The molecule has 0 aliphatic carbocycles. The highest BCUT2D eigenvalue weighted by Crippen LogP contribution is 2.18. The third-order valence-corrected chi connectivity index (χ3v) is 4.53. The maximum atomic E-state index is 12.6. The van der Waals surface area contributed by atoms with Crippen molar-refractivity contribution < 1.29 is 4.79 Å². The predicted molar refractivity (Wildman–Crippen MR) is 87.8 cm³/mol. The zero-order valence-corrected chi connectivity index (χ0v) is 13.7. The lowest BCUT2D eigenvalue weighted by Gasteiger charge is -2.41. The highest BCUT2D eigenvalue weighted by Gasteiger charge is 2.30. The van der Waals surface area contributed by atoms with Gasteiger partial charge in [0, 0.05) is 39.3 Å². The van der Waals surface area contributed by atoms with E-state index in [0.29, 0.717) is 11.7 Å². The smallest absolute Gasteiger partial charge is 0.273 e. The Morgan fingerprint density at radius 1 is 1.26 bits per heavy atom. The Labute approximate surface area is 136 Å². The molecule has 0 saturated carbocycles. The second-order valence-electron chi connectivity index (χ2n) is 6.01. The van der Waals surface area contributed by atoms with E-state index >= 15 is 0 Å². The van der Waals surface area contributed by atoms with E-state index in [0.717, 1.165) is 32.6 Å². The maximum Gasteiger partial charge on any atom is 0.273 e. The number of piperazine rings is 1. The van der Waals surface area contributed by atoms with Crippen LogP contribution in [0.4, 0.5) is 0 Å². The van der Waals surface area contributed by atoms with E-state index in [1.54, 1.807) is 17.9 Å². The summed E-state index contributed by atoms with van der Waals surface area (Å²) in [7, 11) is 1.75. The van der Waals surface area contributed by atoms with Crippen molar-refractivity contribution >= 4 is 5.91 Å². The second-order valence-corrected chi connectivity index (χ2v) is 6.01. The second kappa shape index (κ2) is 6.91. The average Bonchev–Trinajstić information content (AvgIpc) is 3.01. The average molecular weight is 313 g/mol. The Hall–Kier alpha value is -2.21. The van der Waals surface area contributed by atoms with Crippen molar-refractivity contribution in [3.05, 3.63) is 47.8 Å². The molecule has 122 valence electrons. The van der Waals surface area contributed by atoms with Crippen LogP contribution in [0, 0.1) is 0 Å².